The van der Waals surface area contributed by atoms with E-state index in [1.54, 1.807) is 6.92 Å². The molecule has 0 aliphatic carbocycles. The van der Waals surface area contributed by atoms with Gasteiger partial charge in [0.15, 0.2) is 0 Å². The van der Waals surface area contributed by atoms with Gasteiger partial charge in [0.25, 0.3) is 0 Å². The zero-order chi connectivity index (χ0) is 9.19. The van der Waals surface area contributed by atoms with Crippen molar-refractivity contribution in [3.8, 4) is 0 Å². The third-order valence-corrected chi connectivity index (χ3v) is 1.83. The van der Waals surface area contributed by atoms with Crippen molar-refractivity contribution in [3.05, 3.63) is 0 Å². The SMILES string of the molecule is CC(=O)OC1(C)CCCOC1=O. The van der Waals surface area contributed by atoms with Crippen molar-refractivity contribution in [1.29, 1.82) is 0 Å². The highest BCUT2D eigenvalue weighted by Crippen LogP contribution is 2.24. The van der Waals surface area contributed by atoms with Gasteiger partial charge in [0.2, 0.25) is 5.60 Å². The van der Waals surface area contributed by atoms with Gasteiger partial charge in [-0.2, -0.15) is 0 Å². The first-order chi connectivity index (χ1) is 5.54. The highest BCUT2D eigenvalue weighted by atomic mass is 16.6. The maximum atomic E-state index is 11.2. The Kier molecular flexibility index (Phi) is 2.35. The summed E-state index contributed by atoms with van der Waals surface area (Å²) < 4.78 is 9.66. The number of hydrogen-bond donors (Lipinski definition) is 0. The largest absolute Gasteiger partial charge is 0.463 e. The van der Waals surface area contributed by atoms with E-state index in [1.807, 2.05) is 0 Å². The third kappa shape index (κ3) is 1.75. The minimum absolute atomic E-state index is 0.426. The Balaban J connectivity index is 2.66. The quantitative estimate of drug-likeness (QED) is 0.545. The first kappa shape index (κ1) is 9.03. The molecule has 0 saturated carbocycles. The smallest absolute Gasteiger partial charge is 0.350 e. The van der Waals surface area contributed by atoms with Crippen LogP contribution in [0, 0.1) is 0 Å². The summed E-state index contributed by atoms with van der Waals surface area (Å²) in [4.78, 5) is 21.8. The Morgan fingerprint density at radius 1 is 1.67 bits per heavy atom. The van der Waals surface area contributed by atoms with Gasteiger partial charge in [0, 0.05) is 13.3 Å². The zero-order valence-corrected chi connectivity index (χ0v) is 7.25. The summed E-state index contributed by atoms with van der Waals surface area (Å²) in [7, 11) is 0. The fraction of sp³-hybridized carbons (Fsp3) is 0.750. The molecule has 1 aliphatic heterocycles. The summed E-state index contributed by atoms with van der Waals surface area (Å²) in [6.07, 6.45) is 1.29. The molecule has 68 valence electrons. The van der Waals surface area contributed by atoms with Gasteiger partial charge < -0.3 is 9.47 Å². The lowest BCUT2D eigenvalue weighted by Gasteiger charge is -2.30. The number of carbonyl (C=O) groups is 2. The summed E-state index contributed by atoms with van der Waals surface area (Å²) in [6.45, 7) is 3.29. The molecule has 1 fully saturated rings. The molecule has 1 aliphatic rings. The lowest BCUT2D eigenvalue weighted by molar-refractivity contribution is -0.186. The van der Waals surface area contributed by atoms with E-state index < -0.39 is 17.5 Å². The number of cyclic esters (lactones) is 1. The Morgan fingerprint density at radius 3 is 2.83 bits per heavy atom. The third-order valence-electron chi connectivity index (χ3n) is 1.83. The van der Waals surface area contributed by atoms with Crippen molar-refractivity contribution in [1.82, 2.24) is 0 Å². The second-order valence-electron chi connectivity index (χ2n) is 3.06. The number of rotatable bonds is 1. The van der Waals surface area contributed by atoms with Crippen LogP contribution in [0.25, 0.3) is 0 Å². The second-order valence-corrected chi connectivity index (χ2v) is 3.06. The number of ether oxygens (including phenoxy) is 2. The van der Waals surface area contributed by atoms with E-state index >= 15 is 0 Å². The first-order valence-electron chi connectivity index (χ1n) is 3.91. The van der Waals surface area contributed by atoms with E-state index in [0.717, 1.165) is 6.42 Å². The van der Waals surface area contributed by atoms with Gasteiger partial charge in [-0.3, -0.25) is 4.79 Å². The number of esters is 2. The van der Waals surface area contributed by atoms with E-state index in [0.29, 0.717) is 13.0 Å². The van der Waals surface area contributed by atoms with Crippen LogP contribution in [0.2, 0.25) is 0 Å². The van der Waals surface area contributed by atoms with Crippen LogP contribution in [0.15, 0.2) is 0 Å². The number of carbonyl (C=O) groups excluding carboxylic acids is 2. The van der Waals surface area contributed by atoms with Crippen molar-refractivity contribution in [3.63, 3.8) is 0 Å². The average molecular weight is 172 g/mol. The summed E-state index contributed by atoms with van der Waals surface area (Å²) in [5.74, 6) is -0.889. The van der Waals surface area contributed by atoms with Gasteiger partial charge in [0.1, 0.15) is 0 Å². The van der Waals surface area contributed by atoms with Crippen LogP contribution in [0.1, 0.15) is 26.7 Å². The summed E-state index contributed by atoms with van der Waals surface area (Å²) in [6, 6.07) is 0. The molecule has 0 amide bonds. The molecule has 1 unspecified atom stereocenters. The zero-order valence-electron chi connectivity index (χ0n) is 7.25. The molecule has 1 heterocycles. The van der Waals surface area contributed by atoms with Crippen molar-refractivity contribution in [2.75, 3.05) is 6.61 Å². The minimum Gasteiger partial charge on any atom is -0.463 e. The first-order valence-corrected chi connectivity index (χ1v) is 3.91. The molecule has 0 aromatic rings. The standard InChI is InChI=1S/C8H12O4/c1-6(9)12-8(2)4-3-5-11-7(8)10/h3-5H2,1-2H3. The predicted molar refractivity (Wildman–Crippen MR) is 40.4 cm³/mol. The summed E-state index contributed by atoms with van der Waals surface area (Å²) in [5.41, 5.74) is -1.05. The van der Waals surface area contributed by atoms with Crippen LogP contribution in [-0.4, -0.2) is 24.1 Å². The van der Waals surface area contributed by atoms with Gasteiger partial charge in [-0.05, 0) is 13.3 Å². The van der Waals surface area contributed by atoms with Crippen molar-refractivity contribution in [2.45, 2.75) is 32.3 Å². The molecule has 0 aromatic heterocycles. The maximum absolute atomic E-state index is 11.2. The highest BCUT2D eigenvalue weighted by Gasteiger charge is 2.40. The Morgan fingerprint density at radius 2 is 2.33 bits per heavy atom. The molecule has 4 heteroatoms. The normalized spacial score (nSPS) is 29.3. The lowest BCUT2D eigenvalue weighted by atomic mass is 9.98. The predicted octanol–water partition coefficient (Wildman–Crippen LogP) is 0.645. The van der Waals surface area contributed by atoms with Gasteiger partial charge in [-0.1, -0.05) is 0 Å². The molecule has 0 N–H and O–H groups in total. The van der Waals surface area contributed by atoms with E-state index in [4.69, 9.17) is 9.47 Å². The van der Waals surface area contributed by atoms with E-state index in [1.165, 1.54) is 6.92 Å². The molecule has 0 aromatic carbocycles. The fourth-order valence-corrected chi connectivity index (χ4v) is 1.24. The topological polar surface area (TPSA) is 52.6 Å². The van der Waals surface area contributed by atoms with Crippen molar-refractivity contribution < 1.29 is 19.1 Å². The summed E-state index contributed by atoms with van der Waals surface area (Å²) in [5, 5.41) is 0. The summed E-state index contributed by atoms with van der Waals surface area (Å²) >= 11 is 0. The Labute approximate surface area is 70.8 Å². The monoisotopic (exact) mass is 172 g/mol. The number of hydrogen-bond acceptors (Lipinski definition) is 4. The van der Waals surface area contributed by atoms with Crippen LogP contribution in [0.5, 0.6) is 0 Å². The van der Waals surface area contributed by atoms with Crippen LogP contribution in [0.3, 0.4) is 0 Å². The lowest BCUT2D eigenvalue weighted by Crippen LogP contribution is -2.44. The molecular weight excluding hydrogens is 160 g/mol. The second kappa shape index (κ2) is 3.13. The molecule has 4 nitrogen and oxygen atoms in total. The molecular formula is C8H12O4. The average Bonchev–Trinajstić information content (AvgIpc) is 1.94. The fourth-order valence-electron chi connectivity index (χ4n) is 1.24. The van der Waals surface area contributed by atoms with Gasteiger partial charge in [-0.15, -0.1) is 0 Å². The van der Waals surface area contributed by atoms with Crippen LogP contribution < -0.4 is 0 Å². The van der Waals surface area contributed by atoms with Gasteiger partial charge in [0.05, 0.1) is 6.61 Å². The molecule has 12 heavy (non-hydrogen) atoms. The maximum Gasteiger partial charge on any atom is 0.350 e. The van der Waals surface area contributed by atoms with Gasteiger partial charge >= 0.3 is 11.9 Å². The Hall–Kier alpha value is -1.06. The molecule has 0 spiro atoms. The van der Waals surface area contributed by atoms with Crippen molar-refractivity contribution in [2.24, 2.45) is 0 Å². The molecule has 1 saturated heterocycles. The highest BCUT2D eigenvalue weighted by molar-refractivity contribution is 5.82. The Bertz CT molecular complexity index is 211. The van der Waals surface area contributed by atoms with Crippen molar-refractivity contribution >= 4 is 11.9 Å². The van der Waals surface area contributed by atoms with E-state index in [2.05, 4.69) is 0 Å². The van der Waals surface area contributed by atoms with E-state index in [9.17, 15) is 9.59 Å². The van der Waals surface area contributed by atoms with E-state index in [-0.39, 0.29) is 0 Å². The van der Waals surface area contributed by atoms with Crippen LogP contribution in [0.4, 0.5) is 0 Å². The molecule has 1 rings (SSSR count). The van der Waals surface area contributed by atoms with Gasteiger partial charge in [-0.25, -0.2) is 4.79 Å². The molecule has 1 atom stereocenters. The van der Waals surface area contributed by atoms with Crippen LogP contribution in [-0.2, 0) is 19.1 Å². The minimum atomic E-state index is -1.05. The molecule has 0 bridgehead atoms. The van der Waals surface area contributed by atoms with Crippen LogP contribution >= 0.6 is 0 Å². The molecule has 0 radical (unpaired) electrons.